The Labute approximate surface area is 123 Å². The minimum Gasteiger partial charge on any atom is -0.350 e. The summed E-state index contributed by atoms with van der Waals surface area (Å²) in [5, 5.41) is 3.26. The molecular weight excluding hydrogens is 268 g/mol. The van der Waals surface area contributed by atoms with Crippen molar-refractivity contribution in [3.63, 3.8) is 0 Å². The third-order valence-electron chi connectivity index (χ3n) is 3.90. The van der Waals surface area contributed by atoms with Gasteiger partial charge in [0.25, 0.3) is 0 Å². The number of carbonyl (C=O) groups is 1. The molecule has 0 bridgehead atoms. The second-order valence-corrected chi connectivity index (χ2v) is 7.39. The van der Waals surface area contributed by atoms with Gasteiger partial charge in [0.15, 0.2) is 5.78 Å². The third kappa shape index (κ3) is 2.57. The van der Waals surface area contributed by atoms with Crippen LogP contribution >= 0.6 is 11.3 Å². The molecule has 0 unspecified atom stereocenters. The molecule has 0 fully saturated rings. The third-order valence-corrected chi connectivity index (χ3v) is 4.92. The lowest BCUT2D eigenvalue weighted by molar-refractivity contribution is 0.0910. The SMILES string of the molecule is Cc1csc(CCn2ccc3c2CC(C)(C)CC3=O)n1. The maximum atomic E-state index is 12.2. The van der Waals surface area contributed by atoms with Gasteiger partial charge in [0, 0.05) is 47.9 Å². The molecule has 0 atom stereocenters. The van der Waals surface area contributed by atoms with Crippen molar-refractivity contribution in [2.24, 2.45) is 5.41 Å². The molecular formula is C16H20N2OS. The highest BCUT2D eigenvalue weighted by Gasteiger charge is 2.32. The Bertz CT molecular complexity index is 651. The van der Waals surface area contributed by atoms with Crippen molar-refractivity contribution in [2.45, 2.75) is 46.6 Å². The number of hydrogen-bond acceptors (Lipinski definition) is 3. The lowest BCUT2D eigenvalue weighted by Gasteiger charge is -2.29. The van der Waals surface area contributed by atoms with Crippen molar-refractivity contribution >= 4 is 17.1 Å². The van der Waals surface area contributed by atoms with Crippen LogP contribution in [0.5, 0.6) is 0 Å². The lowest BCUT2D eigenvalue weighted by atomic mass is 9.76. The average molecular weight is 288 g/mol. The number of fused-ring (bicyclic) bond motifs is 1. The Balaban J connectivity index is 1.80. The molecule has 1 aliphatic rings. The van der Waals surface area contributed by atoms with Crippen LogP contribution in [0.1, 0.15) is 47.0 Å². The molecule has 0 radical (unpaired) electrons. The fourth-order valence-electron chi connectivity index (χ4n) is 2.94. The summed E-state index contributed by atoms with van der Waals surface area (Å²) < 4.78 is 2.24. The quantitative estimate of drug-likeness (QED) is 0.864. The van der Waals surface area contributed by atoms with Crippen molar-refractivity contribution in [1.82, 2.24) is 9.55 Å². The first-order valence-electron chi connectivity index (χ1n) is 7.07. The summed E-state index contributed by atoms with van der Waals surface area (Å²) in [5.74, 6) is 0.292. The van der Waals surface area contributed by atoms with E-state index < -0.39 is 0 Å². The summed E-state index contributed by atoms with van der Waals surface area (Å²) in [6, 6.07) is 1.99. The largest absolute Gasteiger partial charge is 0.350 e. The number of aryl methyl sites for hydroxylation is 3. The summed E-state index contributed by atoms with van der Waals surface area (Å²) >= 11 is 1.72. The molecule has 4 heteroatoms. The predicted octanol–water partition coefficient (Wildman–Crippen LogP) is 3.65. The average Bonchev–Trinajstić information content (AvgIpc) is 2.92. The van der Waals surface area contributed by atoms with Crippen molar-refractivity contribution in [2.75, 3.05) is 0 Å². The molecule has 0 aliphatic heterocycles. The van der Waals surface area contributed by atoms with Crippen LogP contribution in [0.2, 0.25) is 0 Å². The smallest absolute Gasteiger partial charge is 0.165 e. The molecule has 0 amide bonds. The second-order valence-electron chi connectivity index (χ2n) is 6.44. The van der Waals surface area contributed by atoms with Gasteiger partial charge in [-0.25, -0.2) is 4.98 Å². The maximum absolute atomic E-state index is 12.2. The molecule has 3 nitrogen and oxygen atoms in total. The fraction of sp³-hybridized carbons (Fsp3) is 0.500. The molecule has 0 saturated carbocycles. The van der Waals surface area contributed by atoms with E-state index in [2.05, 4.69) is 35.0 Å². The zero-order valence-electron chi connectivity index (χ0n) is 12.3. The second kappa shape index (κ2) is 4.85. The molecule has 1 aliphatic carbocycles. The first-order chi connectivity index (χ1) is 9.44. The summed E-state index contributed by atoms with van der Waals surface area (Å²) in [6.45, 7) is 7.29. The van der Waals surface area contributed by atoms with Gasteiger partial charge in [-0.3, -0.25) is 4.79 Å². The number of ketones is 1. The van der Waals surface area contributed by atoms with Gasteiger partial charge in [-0.15, -0.1) is 11.3 Å². The van der Waals surface area contributed by atoms with E-state index in [1.807, 2.05) is 13.0 Å². The number of aromatic nitrogens is 2. The summed E-state index contributed by atoms with van der Waals surface area (Å²) in [4.78, 5) is 16.7. The standard InChI is InChI=1S/C16H20N2OS/c1-11-10-20-15(17-11)5-7-18-6-4-12-13(18)8-16(2,3)9-14(12)19/h4,6,10H,5,7-9H2,1-3H3. The Morgan fingerprint density at radius 3 is 2.90 bits per heavy atom. The van der Waals surface area contributed by atoms with Crippen LogP contribution in [-0.4, -0.2) is 15.3 Å². The van der Waals surface area contributed by atoms with Gasteiger partial charge >= 0.3 is 0 Å². The molecule has 2 aromatic rings. The molecule has 0 saturated heterocycles. The maximum Gasteiger partial charge on any atom is 0.165 e. The van der Waals surface area contributed by atoms with Gasteiger partial charge in [0.1, 0.15) is 0 Å². The van der Waals surface area contributed by atoms with Crippen LogP contribution in [0.4, 0.5) is 0 Å². The number of Topliss-reactive ketones (excluding diaryl/α,β-unsaturated/α-hetero) is 1. The zero-order chi connectivity index (χ0) is 14.3. The fourth-order valence-corrected chi connectivity index (χ4v) is 3.71. The van der Waals surface area contributed by atoms with E-state index in [1.54, 1.807) is 11.3 Å². The first kappa shape index (κ1) is 13.6. The highest BCUT2D eigenvalue weighted by Crippen LogP contribution is 2.35. The van der Waals surface area contributed by atoms with Crippen LogP contribution < -0.4 is 0 Å². The number of nitrogens with zero attached hydrogens (tertiary/aromatic N) is 2. The molecule has 2 aromatic heterocycles. The van der Waals surface area contributed by atoms with Crippen molar-refractivity contribution in [3.05, 3.63) is 39.6 Å². The Morgan fingerprint density at radius 2 is 2.20 bits per heavy atom. The van der Waals surface area contributed by atoms with Gasteiger partial charge in [-0.2, -0.15) is 0 Å². The Morgan fingerprint density at radius 1 is 1.40 bits per heavy atom. The van der Waals surface area contributed by atoms with E-state index in [0.717, 1.165) is 30.6 Å². The van der Waals surface area contributed by atoms with Crippen LogP contribution in [0.25, 0.3) is 0 Å². The van der Waals surface area contributed by atoms with E-state index >= 15 is 0 Å². The number of carbonyl (C=O) groups excluding carboxylic acids is 1. The monoisotopic (exact) mass is 288 g/mol. The predicted molar refractivity (Wildman–Crippen MR) is 81.4 cm³/mol. The van der Waals surface area contributed by atoms with E-state index in [4.69, 9.17) is 0 Å². The Kier molecular flexibility index (Phi) is 3.28. The normalized spacial score (nSPS) is 17.2. The number of hydrogen-bond donors (Lipinski definition) is 0. The molecule has 3 rings (SSSR count). The first-order valence-corrected chi connectivity index (χ1v) is 7.95. The molecule has 20 heavy (non-hydrogen) atoms. The number of rotatable bonds is 3. The van der Waals surface area contributed by atoms with Crippen molar-refractivity contribution in [1.29, 1.82) is 0 Å². The van der Waals surface area contributed by atoms with E-state index in [1.165, 1.54) is 10.7 Å². The van der Waals surface area contributed by atoms with E-state index in [9.17, 15) is 4.79 Å². The van der Waals surface area contributed by atoms with E-state index in [0.29, 0.717) is 12.2 Å². The molecule has 0 spiro atoms. The van der Waals surface area contributed by atoms with Gasteiger partial charge in [0.2, 0.25) is 0 Å². The summed E-state index contributed by atoms with van der Waals surface area (Å²) in [7, 11) is 0. The minimum atomic E-state index is 0.0813. The van der Waals surface area contributed by atoms with E-state index in [-0.39, 0.29) is 5.41 Å². The van der Waals surface area contributed by atoms with Crippen LogP contribution in [0.3, 0.4) is 0 Å². The number of thiazole rings is 1. The van der Waals surface area contributed by atoms with Crippen LogP contribution in [0, 0.1) is 12.3 Å². The molecule has 0 N–H and O–H groups in total. The molecule has 0 aromatic carbocycles. The zero-order valence-corrected chi connectivity index (χ0v) is 13.1. The Hall–Kier alpha value is -1.42. The van der Waals surface area contributed by atoms with Gasteiger partial charge in [-0.1, -0.05) is 13.8 Å². The van der Waals surface area contributed by atoms with Crippen molar-refractivity contribution in [3.8, 4) is 0 Å². The van der Waals surface area contributed by atoms with Crippen LogP contribution in [-0.2, 0) is 19.4 Å². The van der Waals surface area contributed by atoms with Crippen molar-refractivity contribution < 1.29 is 4.79 Å². The topological polar surface area (TPSA) is 34.9 Å². The van der Waals surface area contributed by atoms with Gasteiger partial charge < -0.3 is 4.57 Å². The molecule has 2 heterocycles. The van der Waals surface area contributed by atoms with Crippen LogP contribution in [0.15, 0.2) is 17.6 Å². The molecule has 106 valence electrons. The summed E-state index contributed by atoms with van der Waals surface area (Å²) in [5.41, 5.74) is 3.31. The summed E-state index contributed by atoms with van der Waals surface area (Å²) in [6.07, 6.45) is 4.65. The van der Waals surface area contributed by atoms with Gasteiger partial charge in [-0.05, 0) is 24.8 Å². The van der Waals surface area contributed by atoms with Gasteiger partial charge in [0.05, 0.1) is 5.01 Å². The highest BCUT2D eigenvalue weighted by atomic mass is 32.1. The highest BCUT2D eigenvalue weighted by molar-refractivity contribution is 7.09. The lowest BCUT2D eigenvalue weighted by Crippen LogP contribution is -2.28. The minimum absolute atomic E-state index is 0.0813.